The lowest BCUT2D eigenvalue weighted by Gasteiger charge is -2.01. The molecular weight excluding hydrogens is 242 g/mol. The van der Waals surface area contributed by atoms with E-state index in [1.807, 2.05) is 42.5 Å². The van der Waals surface area contributed by atoms with E-state index in [9.17, 15) is 4.79 Å². The molecular formula is C14H11N3O2. The lowest BCUT2D eigenvalue weighted by Crippen LogP contribution is -2.01. The number of benzene rings is 1. The van der Waals surface area contributed by atoms with Crippen molar-refractivity contribution in [3.05, 3.63) is 54.5 Å². The van der Waals surface area contributed by atoms with Crippen LogP contribution in [0.3, 0.4) is 0 Å². The van der Waals surface area contributed by atoms with E-state index in [0.29, 0.717) is 5.69 Å². The Kier molecular flexibility index (Phi) is 2.72. The second-order valence-electron chi connectivity index (χ2n) is 4.18. The first-order chi connectivity index (χ1) is 9.24. The molecule has 0 bridgehead atoms. The molecule has 2 heterocycles. The number of aliphatic carboxylic acids is 1. The molecule has 0 saturated heterocycles. The van der Waals surface area contributed by atoms with Crippen LogP contribution >= 0.6 is 0 Å². The third-order valence-electron chi connectivity index (χ3n) is 2.87. The summed E-state index contributed by atoms with van der Waals surface area (Å²) in [7, 11) is 0. The number of nitrogens with zero attached hydrogens (tertiary/aromatic N) is 3. The van der Waals surface area contributed by atoms with Gasteiger partial charge in [-0.2, -0.15) is 5.10 Å². The molecule has 0 spiro atoms. The molecule has 0 fully saturated rings. The molecule has 0 saturated carbocycles. The van der Waals surface area contributed by atoms with Crippen molar-refractivity contribution in [2.45, 2.75) is 6.42 Å². The van der Waals surface area contributed by atoms with Crippen molar-refractivity contribution >= 4 is 11.5 Å². The number of fused-ring (bicyclic) bond motifs is 1. The van der Waals surface area contributed by atoms with E-state index in [-0.39, 0.29) is 6.42 Å². The zero-order chi connectivity index (χ0) is 13.2. The van der Waals surface area contributed by atoms with Gasteiger partial charge in [-0.3, -0.25) is 4.79 Å². The largest absolute Gasteiger partial charge is 0.481 e. The van der Waals surface area contributed by atoms with E-state index in [4.69, 9.17) is 5.11 Å². The molecule has 0 aliphatic rings. The van der Waals surface area contributed by atoms with Crippen LogP contribution in [-0.4, -0.2) is 25.7 Å². The predicted molar refractivity (Wildman–Crippen MR) is 69.8 cm³/mol. The van der Waals surface area contributed by atoms with Crippen molar-refractivity contribution in [1.82, 2.24) is 14.6 Å². The first-order valence-electron chi connectivity index (χ1n) is 5.84. The van der Waals surface area contributed by atoms with Crippen LogP contribution in [0.15, 0.2) is 48.8 Å². The molecule has 1 N–H and O–H groups in total. The van der Waals surface area contributed by atoms with Gasteiger partial charge in [0.05, 0.1) is 23.3 Å². The van der Waals surface area contributed by atoms with Crippen molar-refractivity contribution in [2.24, 2.45) is 0 Å². The Hall–Kier alpha value is -2.69. The summed E-state index contributed by atoms with van der Waals surface area (Å²) in [5, 5.41) is 13.2. The van der Waals surface area contributed by atoms with Crippen LogP contribution in [0.1, 0.15) is 5.69 Å². The summed E-state index contributed by atoms with van der Waals surface area (Å²) in [6, 6.07) is 13.5. The van der Waals surface area contributed by atoms with Gasteiger partial charge in [-0.1, -0.05) is 30.3 Å². The SMILES string of the molecule is O=C(O)Cc1ncn2nc(-c3ccccc3)ccc12. The summed E-state index contributed by atoms with van der Waals surface area (Å²) < 4.78 is 1.61. The molecule has 94 valence electrons. The number of aromatic nitrogens is 3. The second kappa shape index (κ2) is 4.53. The maximum Gasteiger partial charge on any atom is 0.309 e. The zero-order valence-electron chi connectivity index (χ0n) is 10.0. The first-order valence-corrected chi connectivity index (χ1v) is 5.84. The molecule has 2 aromatic heterocycles. The topological polar surface area (TPSA) is 67.5 Å². The highest BCUT2D eigenvalue weighted by Gasteiger charge is 2.10. The molecule has 19 heavy (non-hydrogen) atoms. The number of rotatable bonds is 3. The molecule has 1 aromatic carbocycles. The fourth-order valence-electron chi connectivity index (χ4n) is 1.99. The maximum atomic E-state index is 10.7. The second-order valence-corrected chi connectivity index (χ2v) is 4.18. The van der Waals surface area contributed by atoms with Gasteiger partial charge in [-0.15, -0.1) is 0 Å². The highest BCUT2D eigenvalue weighted by atomic mass is 16.4. The summed E-state index contributed by atoms with van der Waals surface area (Å²) in [5.74, 6) is -0.896. The highest BCUT2D eigenvalue weighted by Crippen LogP contribution is 2.18. The molecule has 0 aliphatic carbocycles. The Morgan fingerprint density at radius 3 is 2.68 bits per heavy atom. The van der Waals surface area contributed by atoms with E-state index < -0.39 is 5.97 Å². The predicted octanol–water partition coefficient (Wildman–Crippen LogP) is 2.02. The van der Waals surface area contributed by atoms with Gasteiger partial charge in [0.2, 0.25) is 0 Å². The lowest BCUT2D eigenvalue weighted by atomic mass is 10.1. The number of carbonyl (C=O) groups is 1. The summed E-state index contributed by atoms with van der Waals surface area (Å²) in [6.07, 6.45) is 1.45. The quantitative estimate of drug-likeness (QED) is 0.775. The molecule has 0 atom stereocenters. The molecule has 0 unspecified atom stereocenters. The average Bonchev–Trinajstić information content (AvgIpc) is 2.81. The molecule has 0 amide bonds. The fourth-order valence-corrected chi connectivity index (χ4v) is 1.99. The van der Waals surface area contributed by atoms with Crippen molar-refractivity contribution in [2.75, 3.05) is 0 Å². The minimum Gasteiger partial charge on any atom is -0.481 e. The van der Waals surface area contributed by atoms with Crippen LogP contribution < -0.4 is 0 Å². The van der Waals surface area contributed by atoms with E-state index in [1.165, 1.54) is 0 Å². The number of hydrogen-bond acceptors (Lipinski definition) is 3. The first kappa shape index (κ1) is 11.4. The minimum absolute atomic E-state index is 0.0944. The third kappa shape index (κ3) is 2.18. The smallest absolute Gasteiger partial charge is 0.309 e. The fraction of sp³-hybridized carbons (Fsp3) is 0.0714. The van der Waals surface area contributed by atoms with Gasteiger partial charge >= 0.3 is 5.97 Å². The monoisotopic (exact) mass is 253 g/mol. The maximum absolute atomic E-state index is 10.7. The molecule has 3 rings (SSSR count). The van der Waals surface area contributed by atoms with Crippen molar-refractivity contribution in [3.8, 4) is 11.3 Å². The summed E-state index contributed by atoms with van der Waals surface area (Å²) in [4.78, 5) is 14.8. The van der Waals surface area contributed by atoms with Gasteiger partial charge in [-0.05, 0) is 12.1 Å². The van der Waals surface area contributed by atoms with Crippen LogP contribution in [0.5, 0.6) is 0 Å². The van der Waals surface area contributed by atoms with Crippen LogP contribution in [-0.2, 0) is 11.2 Å². The Balaban J connectivity index is 2.06. The Labute approximate surface area is 109 Å². The third-order valence-corrected chi connectivity index (χ3v) is 2.87. The molecule has 0 radical (unpaired) electrons. The van der Waals surface area contributed by atoms with Crippen LogP contribution in [0.25, 0.3) is 16.8 Å². The molecule has 0 aliphatic heterocycles. The summed E-state index contributed by atoms with van der Waals surface area (Å²) in [6.45, 7) is 0. The van der Waals surface area contributed by atoms with Gasteiger partial charge in [0.15, 0.2) is 0 Å². The minimum atomic E-state index is -0.896. The summed E-state index contributed by atoms with van der Waals surface area (Å²) in [5.41, 5.74) is 3.09. The van der Waals surface area contributed by atoms with Crippen LogP contribution in [0, 0.1) is 0 Å². The van der Waals surface area contributed by atoms with E-state index in [0.717, 1.165) is 16.8 Å². The zero-order valence-corrected chi connectivity index (χ0v) is 10.0. The average molecular weight is 253 g/mol. The highest BCUT2D eigenvalue weighted by molar-refractivity contribution is 5.73. The van der Waals surface area contributed by atoms with Gasteiger partial charge in [0.25, 0.3) is 0 Å². The number of hydrogen-bond donors (Lipinski definition) is 1. The molecule has 5 nitrogen and oxygen atoms in total. The van der Waals surface area contributed by atoms with E-state index >= 15 is 0 Å². The van der Waals surface area contributed by atoms with Crippen molar-refractivity contribution < 1.29 is 9.90 Å². The van der Waals surface area contributed by atoms with Crippen LogP contribution in [0.2, 0.25) is 0 Å². The number of carboxylic acids is 1. The standard InChI is InChI=1S/C14H11N3O2/c18-14(19)8-12-13-7-6-11(16-17(13)9-15-12)10-4-2-1-3-5-10/h1-7,9H,8H2,(H,18,19). The van der Waals surface area contributed by atoms with Gasteiger partial charge in [0.1, 0.15) is 6.33 Å². The van der Waals surface area contributed by atoms with Crippen molar-refractivity contribution in [1.29, 1.82) is 0 Å². The molecule has 3 aromatic rings. The van der Waals surface area contributed by atoms with Gasteiger partial charge in [0, 0.05) is 5.56 Å². The van der Waals surface area contributed by atoms with Gasteiger partial charge in [-0.25, -0.2) is 9.50 Å². The molecule has 5 heteroatoms. The van der Waals surface area contributed by atoms with E-state index in [2.05, 4.69) is 10.1 Å². The Morgan fingerprint density at radius 1 is 1.16 bits per heavy atom. The Morgan fingerprint density at radius 2 is 1.95 bits per heavy atom. The Bertz CT molecular complexity index is 735. The number of imidazole rings is 1. The van der Waals surface area contributed by atoms with Gasteiger partial charge < -0.3 is 5.11 Å². The number of carboxylic acid groups (broad SMARTS) is 1. The summed E-state index contributed by atoms with van der Waals surface area (Å²) >= 11 is 0. The lowest BCUT2D eigenvalue weighted by molar-refractivity contribution is -0.136. The van der Waals surface area contributed by atoms with E-state index in [1.54, 1.807) is 10.8 Å². The van der Waals surface area contributed by atoms with Crippen LogP contribution in [0.4, 0.5) is 0 Å². The normalized spacial score (nSPS) is 10.7. The van der Waals surface area contributed by atoms with Crippen molar-refractivity contribution in [3.63, 3.8) is 0 Å².